The average molecular weight is 419 g/mol. The zero-order valence-electron chi connectivity index (χ0n) is 13.4. The molecule has 0 aliphatic carbocycles. The molecule has 1 heterocycles. The number of aryl methyl sites for hydroxylation is 1. The third-order valence-electron chi connectivity index (χ3n) is 3.68. The highest BCUT2D eigenvalue weighted by Gasteiger charge is 2.20. The fourth-order valence-corrected chi connectivity index (χ4v) is 3.98. The van der Waals surface area contributed by atoms with Crippen molar-refractivity contribution >= 4 is 42.6 Å². The highest BCUT2D eigenvalue weighted by molar-refractivity contribution is 9.10. The number of hydrogen-bond acceptors (Lipinski definition) is 4. The SMILES string of the molecule is Cc1cc2c(S(=O)(=O)NC(=O)Cc3ccc(Br)cc3)cccc2cn1. The van der Waals surface area contributed by atoms with E-state index in [4.69, 9.17) is 0 Å². The summed E-state index contributed by atoms with van der Waals surface area (Å²) in [5.41, 5.74) is 1.44. The lowest BCUT2D eigenvalue weighted by Gasteiger charge is -2.10. The van der Waals surface area contributed by atoms with E-state index < -0.39 is 15.9 Å². The normalized spacial score (nSPS) is 11.4. The standard InChI is InChI=1S/C18H15BrN2O3S/c1-12-9-16-14(11-20-12)3-2-4-17(16)25(23,24)21-18(22)10-13-5-7-15(19)8-6-13/h2-9,11H,10H2,1H3,(H,21,22). The number of carbonyl (C=O) groups excluding carboxylic acids is 1. The maximum absolute atomic E-state index is 12.7. The predicted molar refractivity (Wildman–Crippen MR) is 99.7 cm³/mol. The van der Waals surface area contributed by atoms with Crippen LogP contribution in [0.1, 0.15) is 11.3 Å². The summed E-state index contributed by atoms with van der Waals surface area (Å²) in [7, 11) is -3.97. The van der Waals surface area contributed by atoms with Gasteiger partial charge in [0.2, 0.25) is 5.91 Å². The van der Waals surface area contributed by atoms with Crippen molar-refractivity contribution in [3.05, 3.63) is 70.5 Å². The van der Waals surface area contributed by atoms with E-state index in [1.807, 2.05) is 0 Å². The van der Waals surface area contributed by atoms with E-state index in [1.54, 1.807) is 55.6 Å². The van der Waals surface area contributed by atoms with Gasteiger partial charge in [-0.25, -0.2) is 13.1 Å². The molecular formula is C18H15BrN2O3S. The number of halogens is 1. The average Bonchev–Trinajstić information content (AvgIpc) is 2.55. The highest BCUT2D eigenvalue weighted by atomic mass is 79.9. The zero-order chi connectivity index (χ0) is 18.0. The number of nitrogens with zero attached hydrogens (tertiary/aromatic N) is 1. The first-order valence-electron chi connectivity index (χ1n) is 7.51. The summed E-state index contributed by atoms with van der Waals surface area (Å²) >= 11 is 3.32. The fraction of sp³-hybridized carbons (Fsp3) is 0.111. The topological polar surface area (TPSA) is 76.1 Å². The lowest BCUT2D eigenvalue weighted by Crippen LogP contribution is -2.31. The summed E-state index contributed by atoms with van der Waals surface area (Å²) in [4.78, 5) is 16.4. The van der Waals surface area contributed by atoms with Crippen LogP contribution in [0.3, 0.4) is 0 Å². The molecule has 7 heteroatoms. The Morgan fingerprint density at radius 3 is 2.60 bits per heavy atom. The smallest absolute Gasteiger partial charge is 0.264 e. The molecular weight excluding hydrogens is 404 g/mol. The van der Waals surface area contributed by atoms with Gasteiger partial charge in [0.25, 0.3) is 10.0 Å². The summed E-state index contributed by atoms with van der Waals surface area (Å²) in [6, 6.07) is 13.7. The lowest BCUT2D eigenvalue weighted by atomic mass is 10.1. The number of carbonyl (C=O) groups is 1. The van der Waals surface area contributed by atoms with Gasteiger partial charge in [0.15, 0.2) is 0 Å². The van der Waals surface area contributed by atoms with Crippen LogP contribution in [0, 0.1) is 6.92 Å². The van der Waals surface area contributed by atoms with Crippen LogP contribution in [0.15, 0.2) is 64.1 Å². The number of hydrogen-bond donors (Lipinski definition) is 1. The highest BCUT2D eigenvalue weighted by Crippen LogP contribution is 2.23. The van der Waals surface area contributed by atoms with Crippen molar-refractivity contribution in [1.82, 2.24) is 9.71 Å². The molecule has 0 aliphatic heterocycles. The van der Waals surface area contributed by atoms with Crippen molar-refractivity contribution in [2.24, 2.45) is 0 Å². The van der Waals surface area contributed by atoms with Crippen LogP contribution >= 0.6 is 15.9 Å². The van der Waals surface area contributed by atoms with Crippen LogP contribution in [0.25, 0.3) is 10.8 Å². The Bertz CT molecular complexity index is 1050. The molecule has 3 aromatic rings. The van der Waals surface area contributed by atoms with Gasteiger partial charge in [-0.05, 0) is 36.8 Å². The van der Waals surface area contributed by atoms with Crippen LogP contribution in [0.4, 0.5) is 0 Å². The van der Waals surface area contributed by atoms with Gasteiger partial charge in [-0.2, -0.15) is 0 Å². The van der Waals surface area contributed by atoms with Crippen LogP contribution in [0.5, 0.6) is 0 Å². The Balaban J connectivity index is 1.88. The predicted octanol–water partition coefficient (Wildman–Crippen LogP) is 3.35. The number of fused-ring (bicyclic) bond motifs is 1. The van der Waals surface area contributed by atoms with E-state index in [2.05, 4.69) is 25.6 Å². The molecule has 5 nitrogen and oxygen atoms in total. The Morgan fingerprint density at radius 2 is 1.88 bits per heavy atom. The van der Waals surface area contributed by atoms with Crippen LogP contribution in [-0.2, 0) is 21.2 Å². The number of amides is 1. The minimum atomic E-state index is -3.97. The Morgan fingerprint density at radius 1 is 1.16 bits per heavy atom. The number of rotatable bonds is 4. The largest absolute Gasteiger partial charge is 0.274 e. The first kappa shape index (κ1) is 17.6. The summed E-state index contributed by atoms with van der Waals surface area (Å²) in [6.07, 6.45) is 1.60. The van der Waals surface area contributed by atoms with Gasteiger partial charge in [-0.3, -0.25) is 9.78 Å². The van der Waals surface area contributed by atoms with Crippen molar-refractivity contribution in [3.63, 3.8) is 0 Å². The van der Waals surface area contributed by atoms with Gasteiger partial charge >= 0.3 is 0 Å². The summed E-state index contributed by atoms with van der Waals surface area (Å²) in [6.45, 7) is 1.79. The van der Waals surface area contributed by atoms with Gasteiger partial charge in [0, 0.05) is 27.1 Å². The molecule has 0 unspecified atom stereocenters. The van der Waals surface area contributed by atoms with E-state index in [-0.39, 0.29) is 11.3 Å². The third kappa shape index (κ3) is 4.05. The second-order valence-electron chi connectivity index (χ2n) is 5.63. The van der Waals surface area contributed by atoms with E-state index in [1.165, 1.54) is 6.07 Å². The minimum absolute atomic E-state index is 0.0160. The number of pyridine rings is 1. The lowest BCUT2D eigenvalue weighted by molar-refractivity contribution is -0.118. The molecule has 1 aromatic heterocycles. The van der Waals surface area contributed by atoms with Crippen molar-refractivity contribution in [1.29, 1.82) is 0 Å². The van der Waals surface area contributed by atoms with E-state index in [0.717, 1.165) is 10.0 Å². The van der Waals surface area contributed by atoms with Crippen molar-refractivity contribution in [3.8, 4) is 0 Å². The van der Waals surface area contributed by atoms with Gasteiger partial charge < -0.3 is 0 Å². The first-order chi connectivity index (χ1) is 11.8. The summed E-state index contributed by atoms with van der Waals surface area (Å²) in [5.74, 6) is -0.579. The van der Waals surface area contributed by atoms with Crippen molar-refractivity contribution in [2.75, 3.05) is 0 Å². The quantitative estimate of drug-likeness (QED) is 0.704. The third-order valence-corrected chi connectivity index (χ3v) is 5.64. The molecule has 128 valence electrons. The fourth-order valence-electron chi connectivity index (χ4n) is 2.51. The monoisotopic (exact) mass is 418 g/mol. The number of benzene rings is 2. The van der Waals surface area contributed by atoms with E-state index in [9.17, 15) is 13.2 Å². The van der Waals surface area contributed by atoms with Gasteiger partial charge in [-0.1, -0.05) is 40.2 Å². The Kier molecular flexibility index (Phi) is 4.87. The van der Waals surface area contributed by atoms with Gasteiger partial charge in [-0.15, -0.1) is 0 Å². The maximum Gasteiger partial charge on any atom is 0.264 e. The number of nitrogens with one attached hydrogen (secondary N) is 1. The van der Waals surface area contributed by atoms with Crippen LogP contribution in [0.2, 0.25) is 0 Å². The Hall–Kier alpha value is -2.25. The van der Waals surface area contributed by atoms with E-state index in [0.29, 0.717) is 16.5 Å². The number of aromatic nitrogens is 1. The number of sulfonamides is 1. The molecule has 3 rings (SSSR count). The van der Waals surface area contributed by atoms with Crippen molar-refractivity contribution < 1.29 is 13.2 Å². The zero-order valence-corrected chi connectivity index (χ0v) is 15.8. The summed E-state index contributed by atoms with van der Waals surface area (Å²) in [5, 5.41) is 1.24. The van der Waals surface area contributed by atoms with Crippen LogP contribution < -0.4 is 4.72 Å². The molecule has 25 heavy (non-hydrogen) atoms. The van der Waals surface area contributed by atoms with E-state index >= 15 is 0 Å². The minimum Gasteiger partial charge on any atom is -0.274 e. The summed E-state index contributed by atoms with van der Waals surface area (Å²) < 4.78 is 28.3. The second-order valence-corrected chi connectivity index (χ2v) is 8.20. The molecule has 0 saturated heterocycles. The van der Waals surface area contributed by atoms with Crippen LogP contribution in [-0.4, -0.2) is 19.3 Å². The molecule has 0 saturated carbocycles. The molecule has 0 atom stereocenters. The van der Waals surface area contributed by atoms with Gasteiger partial charge in [0.1, 0.15) is 0 Å². The molecule has 1 amide bonds. The molecule has 0 bridgehead atoms. The Labute approximate surface area is 154 Å². The molecule has 1 N–H and O–H groups in total. The maximum atomic E-state index is 12.7. The molecule has 2 aromatic carbocycles. The molecule has 0 spiro atoms. The first-order valence-corrected chi connectivity index (χ1v) is 9.78. The second kappa shape index (κ2) is 6.93. The van der Waals surface area contributed by atoms with Gasteiger partial charge in [0.05, 0.1) is 11.3 Å². The van der Waals surface area contributed by atoms with Crippen molar-refractivity contribution in [2.45, 2.75) is 18.2 Å². The molecule has 0 fully saturated rings. The molecule has 0 aliphatic rings. The molecule has 0 radical (unpaired) electrons.